The molecule has 1 atom stereocenters. The lowest BCUT2D eigenvalue weighted by Crippen LogP contribution is -2.39. The lowest BCUT2D eigenvalue weighted by molar-refractivity contribution is 0.286. The van der Waals surface area contributed by atoms with E-state index in [0.29, 0.717) is 29.8 Å². The van der Waals surface area contributed by atoms with Gasteiger partial charge in [-0.05, 0) is 43.2 Å². The first kappa shape index (κ1) is 19.3. The van der Waals surface area contributed by atoms with Crippen molar-refractivity contribution in [2.24, 2.45) is 0 Å². The number of benzene rings is 1. The van der Waals surface area contributed by atoms with Crippen LogP contribution in [0.2, 0.25) is 10.0 Å². The topological polar surface area (TPSA) is 89.2 Å². The van der Waals surface area contributed by atoms with Crippen molar-refractivity contribution in [3.05, 3.63) is 58.7 Å². The highest BCUT2D eigenvalue weighted by atomic mass is 35.5. The van der Waals surface area contributed by atoms with Crippen LogP contribution in [0.5, 0.6) is 0 Å². The maximum absolute atomic E-state index is 13.0. The number of hydrogen-bond donors (Lipinski definition) is 0. The van der Waals surface area contributed by atoms with Crippen LogP contribution in [0.4, 0.5) is 0 Å². The predicted molar refractivity (Wildman–Crippen MR) is 105 cm³/mol. The van der Waals surface area contributed by atoms with Gasteiger partial charge in [-0.15, -0.1) is 10.2 Å². The number of piperidine rings is 1. The van der Waals surface area contributed by atoms with Gasteiger partial charge in [-0.3, -0.25) is 4.98 Å². The molecule has 0 bridgehead atoms. The number of hydrogen-bond acceptors (Lipinski definition) is 6. The van der Waals surface area contributed by atoms with Crippen LogP contribution in [0.1, 0.15) is 24.7 Å². The molecule has 1 saturated heterocycles. The molecule has 2 aromatic heterocycles. The van der Waals surface area contributed by atoms with Crippen molar-refractivity contribution in [1.29, 1.82) is 0 Å². The summed E-state index contributed by atoms with van der Waals surface area (Å²) in [7, 11) is -3.70. The van der Waals surface area contributed by atoms with Gasteiger partial charge in [0.1, 0.15) is 0 Å². The molecule has 3 heterocycles. The summed E-state index contributed by atoms with van der Waals surface area (Å²) < 4.78 is 33.2. The van der Waals surface area contributed by atoms with Gasteiger partial charge < -0.3 is 4.42 Å². The molecule has 10 heteroatoms. The lowest BCUT2D eigenvalue weighted by atomic mass is 10.00. The molecule has 0 N–H and O–H groups in total. The van der Waals surface area contributed by atoms with E-state index in [2.05, 4.69) is 15.2 Å². The number of pyridine rings is 1. The second kappa shape index (κ2) is 7.79. The first-order chi connectivity index (χ1) is 13.4. The Bertz CT molecular complexity index is 1090. The van der Waals surface area contributed by atoms with Crippen LogP contribution in [0, 0.1) is 0 Å². The zero-order chi connectivity index (χ0) is 19.7. The van der Waals surface area contributed by atoms with E-state index in [-0.39, 0.29) is 22.4 Å². The number of aromatic nitrogens is 3. The SMILES string of the molecule is O=S(=O)(c1ccc(Cl)c(Cl)c1)N1CCC[C@@H](c2nnc(-c3cccnc3)o2)C1. The van der Waals surface area contributed by atoms with E-state index in [1.165, 1.54) is 22.5 Å². The van der Waals surface area contributed by atoms with E-state index in [4.69, 9.17) is 27.6 Å². The minimum atomic E-state index is -3.70. The van der Waals surface area contributed by atoms with E-state index in [1.807, 2.05) is 6.07 Å². The van der Waals surface area contributed by atoms with Crippen LogP contribution >= 0.6 is 23.2 Å². The summed E-state index contributed by atoms with van der Waals surface area (Å²) in [6, 6.07) is 7.92. The molecule has 0 unspecified atom stereocenters. The highest BCUT2D eigenvalue weighted by Gasteiger charge is 2.33. The highest BCUT2D eigenvalue weighted by molar-refractivity contribution is 7.89. The Labute approximate surface area is 172 Å². The van der Waals surface area contributed by atoms with Crippen LogP contribution < -0.4 is 0 Å². The predicted octanol–water partition coefficient (Wildman–Crippen LogP) is 4.01. The van der Waals surface area contributed by atoms with Crippen LogP contribution in [-0.4, -0.2) is 41.0 Å². The summed E-state index contributed by atoms with van der Waals surface area (Å²) in [5, 5.41) is 8.71. The van der Waals surface area contributed by atoms with Crippen molar-refractivity contribution in [3.63, 3.8) is 0 Å². The van der Waals surface area contributed by atoms with Gasteiger partial charge in [0.15, 0.2) is 0 Å². The quantitative estimate of drug-likeness (QED) is 0.611. The van der Waals surface area contributed by atoms with Gasteiger partial charge in [0.25, 0.3) is 0 Å². The van der Waals surface area contributed by atoms with Crippen LogP contribution in [0.15, 0.2) is 52.0 Å². The average molecular weight is 439 g/mol. The van der Waals surface area contributed by atoms with Gasteiger partial charge in [0.05, 0.1) is 26.4 Å². The van der Waals surface area contributed by atoms with E-state index in [9.17, 15) is 8.42 Å². The summed E-state index contributed by atoms with van der Waals surface area (Å²) in [4.78, 5) is 4.15. The van der Waals surface area contributed by atoms with E-state index < -0.39 is 10.0 Å². The minimum Gasteiger partial charge on any atom is -0.420 e. The fourth-order valence-corrected chi connectivity index (χ4v) is 5.07. The van der Waals surface area contributed by atoms with Crippen molar-refractivity contribution in [1.82, 2.24) is 19.5 Å². The average Bonchev–Trinajstić information content (AvgIpc) is 3.21. The maximum Gasteiger partial charge on any atom is 0.249 e. The van der Waals surface area contributed by atoms with Gasteiger partial charge in [-0.25, -0.2) is 8.42 Å². The summed E-state index contributed by atoms with van der Waals surface area (Å²) in [6.45, 7) is 0.680. The van der Waals surface area contributed by atoms with Crippen molar-refractivity contribution in [2.45, 2.75) is 23.7 Å². The van der Waals surface area contributed by atoms with Gasteiger partial charge in [0.2, 0.25) is 21.8 Å². The van der Waals surface area contributed by atoms with Gasteiger partial charge in [-0.2, -0.15) is 4.31 Å². The summed E-state index contributed by atoms with van der Waals surface area (Å²) >= 11 is 11.9. The molecule has 3 aromatic rings. The van der Waals surface area contributed by atoms with Crippen molar-refractivity contribution in [3.8, 4) is 11.5 Å². The van der Waals surface area contributed by atoms with Crippen LogP contribution in [0.25, 0.3) is 11.5 Å². The molecule has 0 aliphatic carbocycles. The fraction of sp³-hybridized carbons (Fsp3) is 0.278. The van der Waals surface area contributed by atoms with Crippen molar-refractivity contribution >= 4 is 33.2 Å². The molecule has 7 nitrogen and oxygen atoms in total. The molecule has 1 aromatic carbocycles. The third-order valence-corrected chi connectivity index (χ3v) is 7.21. The Hall–Kier alpha value is -2.00. The van der Waals surface area contributed by atoms with Crippen molar-refractivity contribution < 1.29 is 12.8 Å². The Balaban J connectivity index is 1.56. The molecule has 146 valence electrons. The smallest absolute Gasteiger partial charge is 0.249 e. The molecular formula is C18H16Cl2N4O3S. The van der Waals surface area contributed by atoms with E-state index in [0.717, 1.165) is 12.0 Å². The second-order valence-electron chi connectivity index (χ2n) is 6.47. The van der Waals surface area contributed by atoms with Crippen LogP contribution in [-0.2, 0) is 10.0 Å². The first-order valence-corrected chi connectivity index (χ1v) is 10.8. The Kier molecular flexibility index (Phi) is 5.37. The third kappa shape index (κ3) is 3.77. The van der Waals surface area contributed by atoms with Crippen LogP contribution in [0.3, 0.4) is 0 Å². The molecular weight excluding hydrogens is 423 g/mol. The molecule has 28 heavy (non-hydrogen) atoms. The van der Waals surface area contributed by atoms with Gasteiger partial charge in [0, 0.05) is 25.5 Å². The molecule has 1 fully saturated rings. The monoisotopic (exact) mass is 438 g/mol. The lowest BCUT2D eigenvalue weighted by Gasteiger charge is -2.30. The molecule has 4 rings (SSSR count). The number of sulfonamides is 1. The molecule has 1 aliphatic rings. The standard InChI is InChI=1S/C18H16Cl2N4O3S/c19-15-6-5-14(9-16(15)20)28(25,26)24-8-2-4-13(11-24)18-23-22-17(27-18)12-3-1-7-21-10-12/h1,3,5-7,9-10,13H,2,4,8,11H2/t13-/m1/s1. The van der Waals surface area contributed by atoms with Gasteiger partial charge in [-0.1, -0.05) is 23.2 Å². The summed E-state index contributed by atoms with van der Waals surface area (Å²) in [6.07, 6.45) is 4.75. The zero-order valence-corrected chi connectivity index (χ0v) is 17.0. The Morgan fingerprint density at radius 3 is 2.75 bits per heavy atom. The highest BCUT2D eigenvalue weighted by Crippen LogP contribution is 2.32. The third-order valence-electron chi connectivity index (χ3n) is 4.61. The molecule has 0 saturated carbocycles. The fourth-order valence-electron chi connectivity index (χ4n) is 3.15. The summed E-state index contributed by atoms with van der Waals surface area (Å²) in [5.74, 6) is 0.615. The van der Waals surface area contributed by atoms with Gasteiger partial charge >= 0.3 is 0 Å². The normalized spacial score (nSPS) is 18.3. The maximum atomic E-state index is 13.0. The largest absolute Gasteiger partial charge is 0.420 e. The summed E-state index contributed by atoms with van der Waals surface area (Å²) in [5.41, 5.74) is 0.720. The molecule has 0 spiro atoms. The number of nitrogens with zero attached hydrogens (tertiary/aromatic N) is 4. The molecule has 1 aliphatic heterocycles. The second-order valence-corrected chi connectivity index (χ2v) is 9.22. The number of rotatable bonds is 4. The molecule has 0 amide bonds. The van der Waals surface area contributed by atoms with Crippen molar-refractivity contribution in [2.75, 3.05) is 13.1 Å². The number of halogens is 2. The van der Waals surface area contributed by atoms with E-state index >= 15 is 0 Å². The first-order valence-electron chi connectivity index (χ1n) is 8.64. The zero-order valence-electron chi connectivity index (χ0n) is 14.6. The minimum absolute atomic E-state index is 0.115. The van der Waals surface area contributed by atoms with E-state index in [1.54, 1.807) is 18.5 Å². The molecule has 0 radical (unpaired) electrons. The Morgan fingerprint density at radius 1 is 1.14 bits per heavy atom. The Morgan fingerprint density at radius 2 is 2.00 bits per heavy atom.